The number of benzene rings is 2. The van der Waals surface area contributed by atoms with E-state index in [9.17, 15) is 14.7 Å². The van der Waals surface area contributed by atoms with E-state index >= 15 is 0 Å². The zero-order valence-corrected chi connectivity index (χ0v) is 14.7. The van der Waals surface area contributed by atoms with Crippen LogP contribution in [0.25, 0.3) is 5.69 Å². The first-order chi connectivity index (χ1) is 13.1. The van der Waals surface area contributed by atoms with Crippen LogP contribution in [-0.2, 0) is 0 Å². The van der Waals surface area contributed by atoms with Gasteiger partial charge in [0, 0.05) is 12.3 Å². The van der Waals surface area contributed by atoms with Crippen LogP contribution in [0, 0.1) is 0 Å². The third-order valence-corrected chi connectivity index (χ3v) is 4.05. The van der Waals surface area contributed by atoms with Crippen LogP contribution in [-0.4, -0.2) is 34.5 Å². The van der Waals surface area contributed by atoms with Crippen molar-refractivity contribution in [1.29, 1.82) is 0 Å². The number of nitrogens with one attached hydrogen (secondary N) is 1. The number of aliphatic hydroxyl groups is 1. The van der Waals surface area contributed by atoms with Crippen molar-refractivity contribution in [3.8, 4) is 11.4 Å². The largest absolute Gasteiger partial charge is 0.497 e. The number of nitrogens with zero attached hydrogens (tertiary/aromatic N) is 2. The second-order valence-corrected chi connectivity index (χ2v) is 5.79. The highest BCUT2D eigenvalue weighted by atomic mass is 16.5. The molecule has 0 spiro atoms. The lowest BCUT2D eigenvalue weighted by Crippen LogP contribution is -2.35. The molecule has 0 aliphatic rings. The molecule has 7 nitrogen and oxygen atoms in total. The summed E-state index contributed by atoms with van der Waals surface area (Å²) < 4.78 is 6.55. The third kappa shape index (κ3) is 4.21. The SMILES string of the molecule is COc1ccc(-n2ccc(=O)c(C(=O)NC(CO)c3ccccc3)n2)cc1. The summed E-state index contributed by atoms with van der Waals surface area (Å²) in [5.74, 6) is 0.0391. The Bertz CT molecular complexity index is 969. The number of carbonyl (C=O) groups is 1. The fraction of sp³-hybridized carbons (Fsp3) is 0.150. The van der Waals surface area contributed by atoms with Crippen molar-refractivity contribution in [3.05, 3.63) is 88.3 Å². The lowest BCUT2D eigenvalue weighted by molar-refractivity contribution is 0.0908. The first-order valence-corrected chi connectivity index (χ1v) is 8.33. The van der Waals surface area contributed by atoms with E-state index in [1.54, 1.807) is 43.5 Å². The van der Waals surface area contributed by atoms with Gasteiger partial charge in [0.2, 0.25) is 5.43 Å². The summed E-state index contributed by atoms with van der Waals surface area (Å²) in [6, 6.07) is 16.7. The summed E-state index contributed by atoms with van der Waals surface area (Å²) in [6.45, 7) is -0.296. The Morgan fingerprint density at radius 2 is 1.85 bits per heavy atom. The topological polar surface area (TPSA) is 93.5 Å². The molecule has 0 saturated heterocycles. The summed E-state index contributed by atoms with van der Waals surface area (Å²) in [5, 5.41) is 16.4. The van der Waals surface area contributed by atoms with Gasteiger partial charge in [-0.3, -0.25) is 9.59 Å². The van der Waals surface area contributed by atoms with E-state index in [0.717, 1.165) is 5.56 Å². The highest BCUT2D eigenvalue weighted by Gasteiger charge is 2.19. The molecule has 2 N–H and O–H groups in total. The van der Waals surface area contributed by atoms with E-state index in [1.807, 2.05) is 18.2 Å². The molecular weight excluding hydrogens is 346 g/mol. The van der Waals surface area contributed by atoms with Crippen molar-refractivity contribution in [2.45, 2.75) is 6.04 Å². The van der Waals surface area contributed by atoms with Crippen LogP contribution in [0.2, 0.25) is 0 Å². The van der Waals surface area contributed by atoms with Crippen LogP contribution in [0.4, 0.5) is 0 Å². The molecule has 0 fully saturated rings. The molecule has 0 aliphatic heterocycles. The number of methoxy groups -OCH3 is 1. The summed E-state index contributed by atoms with van der Waals surface area (Å²) >= 11 is 0. The molecule has 2 aromatic carbocycles. The van der Waals surface area contributed by atoms with Gasteiger partial charge in [0.1, 0.15) is 5.75 Å². The summed E-state index contributed by atoms with van der Waals surface area (Å²) in [4.78, 5) is 24.7. The van der Waals surface area contributed by atoms with Crippen molar-refractivity contribution < 1.29 is 14.6 Å². The number of carbonyl (C=O) groups excluding carboxylic acids is 1. The zero-order valence-electron chi connectivity index (χ0n) is 14.7. The van der Waals surface area contributed by atoms with Crippen LogP contribution < -0.4 is 15.5 Å². The van der Waals surface area contributed by atoms with Crippen LogP contribution in [0.1, 0.15) is 22.1 Å². The fourth-order valence-corrected chi connectivity index (χ4v) is 2.59. The number of amides is 1. The number of hydrogen-bond donors (Lipinski definition) is 2. The standard InChI is InChI=1S/C20H19N3O4/c1-27-16-9-7-15(8-10-16)23-12-11-18(25)19(22-23)20(26)21-17(13-24)14-5-3-2-4-6-14/h2-12,17,24H,13H2,1H3,(H,21,26). The lowest BCUT2D eigenvalue weighted by Gasteiger charge is -2.16. The number of aromatic nitrogens is 2. The van der Waals surface area contributed by atoms with Gasteiger partial charge < -0.3 is 15.2 Å². The van der Waals surface area contributed by atoms with Crippen molar-refractivity contribution in [3.63, 3.8) is 0 Å². The van der Waals surface area contributed by atoms with Crippen molar-refractivity contribution in [1.82, 2.24) is 15.1 Å². The van der Waals surface area contributed by atoms with Gasteiger partial charge in [-0.25, -0.2) is 4.68 Å². The monoisotopic (exact) mass is 365 g/mol. The summed E-state index contributed by atoms with van der Waals surface area (Å²) in [5.41, 5.74) is 0.663. The smallest absolute Gasteiger partial charge is 0.276 e. The molecule has 1 heterocycles. The molecule has 0 bridgehead atoms. The van der Waals surface area contributed by atoms with E-state index in [4.69, 9.17) is 4.74 Å². The average molecular weight is 365 g/mol. The molecule has 7 heteroatoms. The Morgan fingerprint density at radius 1 is 1.15 bits per heavy atom. The molecule has 1 amide bonds. The van der Waals surface area contributed by atoms with Gasteiger partial charge in [0.05, 0.1) is 25.4 Å². The molecule has 1 aromatic heterocycles. The van der Waals surface area contributed by atoms with Gasteiger partial charge in [0.25, 0.3) is 5.91 Å². The van der Waals surface area contributed by atoms with E-state index in [-0.39, 0.29) is 12.3 Å². The highest BCUT2D eigenvalue weighted by molar-refractivity contribution is 5.92. The number of hydrogen-bond acceptors (Lipinski definition) is 5. The molecule has 0 radical (unpaired) electrons. The predicted octanol–water partition coefficient (Wildman–Crippen LogP) is 1.70. The lowest BCUT2D eigenvalue weighted by atomic mass is 10.1. The predicted molar refractivity (Wildman–Crippen MR) is 100 cm³/mol. The summed E-state index contributed by atoms with van der Waals surface area (Å²) in [6.07, 6.45) is 1.49. The molecule has 1 unspecified atom stereocenters. The van der Waals surface area contributed by atoms with Gasteiger partial charge in [-0.1, -0.05) is 30.3 Å². The Balaban J connectivity index is 1.86. The van der Waals surface area contributed by atoms with Gasteiger partial charge in [-0.15, -0.1) is 0 Å². The Labute approximate surface area is 155 Å². The van der Waals surface area contributed by atoms with Crippen molar-refractivity contribution in [2.24, 2.45) is 0 Å². The first kappa shape index (κ1) is 18.3. The van der Waals surface area contributed by atoms with Crippen LogP contribution in [0.3, 0.4) is 0 Å². The van der Waals surface area contributed by atoms with E-state index in [1.165, 1.54) is 16.9 Å². The molecular formula is C20H19N3O4. The van der Waals surface area contributed by atoms with E-state index in [0.29, 0.717) is 11.4 Å². The maximum Gasteiger partial charge on any atom is 0.276 e. The molecule has 1 atom stereocenters. The number of rotatable bonds is 6. The average Bonchev–Trinajstić information content (AvgIpc) is 2.73. The minimum absolute atomic E-state index is 0.248. The fourth-order valence-electron chi connectivity index (χ4n) is 2.59. The number of aliphatic hydroxyl groups excluding tert-OH is 1. The molecule has 138 valence electrons. The summed E-state index contributed by atoms with van der Waals surface area (Å²) in [7, 11) is 1.57. The minimum Gasteiger partial charge on any atom is -0.497 e. The van der Waals surface area contributed by atoms with E-state index in [2.05, 4.69) is 10.4 Å². The van der Waals surface area contributed by atoms with Crippen molar-refractivity contribution in [2.75, 3.05) is 13.7 Å². The molecule has 27 heavy (non-hydrogen) atoms. The van der Waals surface area contributed by atoms with Gasteiger partial charge >= 0.3 is 0 Å². The number of ether oxygens (including phenoxy) is 1. The molecule has 3 rings (SSSR count). The first-order valence-electron chi connectivity index (χ1n) is 8.33. The van der Waals surface area contributed by atoms with Crippen LogP contribution in [0.5, 0.6) is 5.75 Å². The Morgan fingerprint density at radius 3 is 2.48 bits per heavy atom. The van der Waals surface area contributed by atoms with Crippen molar-refractivity contribution >= 4 is 5.91 Å². The maximum atomic E-state index is 12.6. The van der Waals surface area contributed by atoms with Gasteiger partial charge in [0.15, 0.2) is 5.69 Å². The van der Waals surface area contributed by atoms with Gasteiger partial charge in [-0.2, -0.15) is 5.10 Å². The quantitative estimate of drug-likeness (QED) is 0.694. The molecule has 0 saturated carbocycles. The van der Waals surface area contributed by atoms with Gasteiger partial charge in [-0.05, 0) is 29.8 Å². The Kier molecular flexibility index (Phi) is 5.63. The minimum atomic E-state index is -0.647. The Hall–Kier alpha value is -3.45. The second-order valence-electron chi connectivity index (χ2n) is 5.79. The zero-order chi connectivity index (χ0) is 19.2. The third-order valence-electron chi connectivity index (χ3n) is 4.05. The van der Waals surface area contributed by atoms with E-state index < -0.39 is 17.4 Å². The normalized spacial score (nSPS) is 11.6. The second kappa shape index (κ2) is 8.29. The van der Waals surface area contributed by atoms with Crippen LogP contribution >= 0.6 is 0 Å². The molecule has 0 aliphatic carbocycles. The maximum absolute atomic E-state index is 12.6. The van der Waals surface area contributed by atoms with Crippen LogP contribution in [0.15, 0.2) is 71.7 Å². The molecule has 3 aromatic rings. The highest BCUT2D eigenvalue weighted by Crippen LogP contribution is 2.14.